The van der Waals surface area contributed by atoms with Gasteiger partial charge in [0.2, 0.25) is 0 Å². The first kappa shape index (κ1) is 18.7. The van der Waals surface area contributed by atoms with Crippen molar-refractivity contribution in [3.05, 3.63) is 54.1 Å². The topological polar surface area (TPSA) is 68.6 Å². The number of hydrogen-bond acceptors (Lipinski definition) is 5. The molecule has 5 heteroatoms. The van der Waals surface area contributed by atoms with Crippen LogP contribution in [0.5, 0.6) is 5.75 Å². The molecular formula is C23H23NO4. The number of nitriles is 1. The number of benzene rings is 2. The lowest BCUT2D eigenvalue weighted by Crippen LogP contribution is -2.34. The molecule has 1 spiro atoms. The van der Waals surface area contributed by atoms with E-state index in [0.29, 0.717) is 11.7 Å². The normalized spacial score (nSPS) is 18.7. The fourth-order valence-electron chi connectivity index (χ4n) is 4.07. The van der Waals surface area contributed by atoms with E-state index in [4.69, 9.17) is 19.5 Å². The Hall–Kier alpha value is -2.68. The average molecular weight is 377 g/mol. The Balaban J connectivity index is 1.38. The fourth-order valence-corrected chi connectivity index (χ4v) is 4.07. The molecule has 0 N–H and O–H groups in total. The molecule has 2 aromatic carbocycles. The van der Waals surface area contributed by atoms with E-state index in [9.17, 15) is 4.79 Å². The SMILES string of the molecule is N#CCC(=O)Oc1ccc(-c2ccc(C3CCC4(CC3)OCCO4)cc2)cc1. The van der Waals surface area contributed by atoms with E-state index < -0.39 is 5.97 Å². The first-order valence-corrected chi connectivity index (χ1v) is 9.73. The van der Waals surface area contributed by atoms with Crippen LogP contribution in [0.4, 0.5) is 0 Å². The number of carbonyl (C=O) groups excluding carboxylic acids is 1. The molecule has 1 heterocycles. The van der Waals surface area contributed by atoms with Crippen molar-refractivity contribution in [2.75, 3.05) is 13.2 Å². The summed E-state index contributed by atoms with van der Waals surface area (Å²) in [7, 11) is 0. The second-order valence-corrected chi connectivity index (χ2v) is 7.34. The molecule has 0 unspecified atom stereocenters. The van der Waals surface area contributed by atoms with Crippen LogP contribution >= 0.6 is 0 Å². The smallest absolute Gasteiger partial charge is 0.325 e. The predicted octanol–water partition coefficient (Wildman–Crippen LogP) is 4.57. The van der Waals surface area contributed by atoms with Gasteiger partial charge in [0.1, 0.15) is 12.2 Å². The third-order valence-electron chi connectivity index (χ3n) is 5.59. The van der Waals surface area contributed by atoms with Crippen LogP contribution in [0, 0.1) is 11.3 Å². The molecule has 0 radical (unpaired) electrons. The highest BCUT2D eigenvalue weighted by molar-refractivity contribution is 5.75. The van der Waals surface area contributed by atoms with E-state index in [2.05, 4.69) is 24.3 Å². The molecule has 0 amide bonds. The van der Waals surface area contributed by atoms with Crippen LogP contribution in [0.15, 0.2) is 48.5 Å². The van der Waals surface area contributed by atoms with E-state index in [-0.39, 0.29) is 12.2 Å². The summed E-state index contributed by atoms with van der Waals surface area (Å²) in [6, 6.07) is 17.8. The molecule has 5 nitrogen and oxygen atoms in total. The standard InChI is InChI=1S/C23H23NO4/c24-14-11-22(25)28-21-7-5-19(6-8-21)17-1-3-18(4-2-17)20-9-12-23(13-10-20)26-15-16-27-23/h1-8,20H,9-13,15-16H2. The molecular weight excluding hydrogens is 354 g/mol. The second kappa shape index (κ2) is 8.14. The molecule has 2 aliphatic rings. The Morgan fingerprint density at radius 1 is 1.00 bits per heavy atom. The van der Waals surface area contributed by atoms with Crippen LogP contribution in [0.25, 0.3) is 11.1 Å². The lowest BCUT2D eigenvalue weighted by Gasteiger charge is -2.35. The maximum atomic E-state index is 11.4. The van der Waals surface area contributed by atoms with Crippen LogP contribution in [0.3, 0.4) is 0 Å². The second-order valence-electron chi connectivity index (χ2n) is 7.34. The van der Waals surface area contributed by atoms with Crippen molar-refractivity contribution < 1.29 is 19.0 Å². The van der Waals surface area contributed by atoms with Crippen LogP contribution in [0.1, 0.15) is 43.6 Å². The van der Waals surface area contributed by atoms with E-state index in [0.717, 1.165) is 50.0 Å². The Morgan fingerprint density at radius 2 is 1.57 bits per heavy atom. The zero-order valence-corrected chi connectivity index (χ0v) is 15.7. The number of hydrogen-bond donors (Lipinski definition) is 0. The van der Waals surface area contributed by atoms with Crippen LogP contribution in [-0.2, 0) is 14.3 Å². The van der Waals surface area contributed by atoms with Gasteiger partial charge < -0.3 is 14.2 Å². The van der Waals surface area contributed by atoms with Crippen molar-refractivity contribution in [1.29, 1.82) is 5.26 Å². The molecule has 2 fully saturated rings. The van der Waals surface area contributed by atoms with Crippen LogP contribution < -0.4 is 4.74 Å². The largest absolute Gasteiger partial charge is 0.426 e. The molecule has 28 heavy (non-hydrogen) atoms. The Kier molecular flexibility index (Phi) is 5.43. The van der Waals surface area contributed by atoms with Gasteiger partial charge in [0.05, 0.1) is 19.3 Å². The van der Waals surface area contributed by atoms with E-state index in [1.165, 1.54) is 5.56 Å². The molecule has 0 atom stereocenters. The van der Waals surface area contributed by atoms with Crippen molar-refractivity contribution >= 4 is 5.97 Å². The summed E-state index contributed by atoms with van der Waals surface area (Å²) in [5.74, 6) is 0.152. The van der Waals surface area contributed by atoms with Gasteiger partial charge in [-0.3, -0.25) is 4.79 Å². The number of ether oxygens (including phenoxy) is 3. The quantitative estimate of drug-likeness (QED) is 0.576. The number of carbonyl (C=O) groups is 1. The molecule has 144 valence electrons. The zero-order chi connectivity index (χ0) is 19.4. The van der Waals surface area contributed by atoms with Gasteiger partial charge in [0.25, 0.3) is 0 Å². The number of nitrogens with zero attached hydrogens (tertiary/aromatic N) is 1. The molecule has 1 aliphatic carbocycles. The Morgan fingerprint density at radius 3 is 2.14 bits per heavy atom. The highest BCUT2D eigenvalue weighted by atomic mass is 16.7. The maximum absolute atomic E-state index is 11.4. The third kappa shape index (κ3) is 4.09. The zero-order valence-electron chi connectivity index (χ0n) is 15.7. The fraction of sp³-hybridized carbons (Fsp3) is 0.391. The van der Waals surface area contributed by atoms with Gasteiger partial charge in [-0.15, -0.1) is 0 Å². The third-order valence-corrected chi connectivity index (χ3v) is 5.59. The van der Waals surface area contributed by atoms with E-state index in [1.54, 1.807) is 18.2 Å². The number of rotatable bonds is 4. The molecule has 1 saturated heterocycles. The van der Waals surface area contributed by atoms with Crippen molar-refractivity contribution in [2.45, 2.75) is 43.8 Å². The first-order chi connectivity index (χ1) is 13.7. The summed E-state index contributed by atoms with van der Waals surface area (Å²) in [6.45, 7) is 1.44. The van der Waals surface area contributed by atoms with Crippen molar-refractivity contribution in [1.82, 2.24) is 0 Å². The highest BCUT2D eigenvalue weighted by Crippen LogP contribution is 2.42. The van der Waals surface area contributed by atoms with Gasteiger partial charge in [-0.05, 0) is 47.6 Å². The van der Waals surface area contributed by atoms with Gasteiger partial charge >= 0.3 is 5.97 Å². The molecule has 1 saturated carbocycles. The first-order valence-electron chi connectivity index (χ1n) is 9.73. The Bertz CT molecular complexity index is 851. The van der Waals surface area contributed by atoms with Crippen molar-refractivity contribution in [3.63, 3.8) is 0 Å². The summed E-state index contributed by atoms with van der Waals surface area (Å²) in [4.78, 5) is 11.4. The molecule has 0 aromatic heterocycles. The van der Waals surface area contributed by atoms with Crippen LogP contribution in [0.2, 0.25) is 0 Å². The highest BCUT2D eigenvalue weighted by Gasteiger charge is 2.40. The monoisotopic (exact) mass is 377 g/mol. The summed E-state index contributed by atoms with van der Waals surface area (Å²) >= 11 is 0. The van der Waals surface area contributed by atoms with Gasteiger partial charge in [0, 0.05) is 12.8 Å². The van der Waals surface area contributed by atoms with E-state index >= 15 is 0 Å². The van der Waals surface area contributed by atoms with Gasteiger partial charge in [-0.1, -0.05) is 36.4 Å². The average Bonchev–Trinajstić information content (AvgIpc) is 3.17. The maximum Gasteiger partial charge on any atom is 0.325 e. The van der Waals surface area contributed by atoms with E-state index in [1.807, 2.05) is 12.1 Å². The van der Waals surface area contributed by atoms with Crippen molar-refractivity contribution in [3.8, 4) is 22.9 Å². The summed E-state index contributed by atoms with van der Waals surface area (Å²) in [5, 5.41) is 8.51. The van der Waals surface area contributed by atoms with Crippen LogP contribution in [-0.4, -0.2) is 25.0 Å². The minimum absolute atomic E-state index is 0.246. The predicted molar refractivity (Wildman–Crippen MR) is 104 cm³/mol. The Labute approximate surface area is 164 Å². The van der Waals surface area contributed by atoms with Crippen molar-refractivity contribution in [2.24, 2.45) is 0 Å². The number of esters is 1. The lowest BCUT2D eigenvalue weighted by atomic mass is 9.80. The molecule has 2 aromatic rings. The van der Waals surface area contributed by atoms with Gasteiger partial charge in [0.15, 0.2) is 5.79 Å². The molecule has 4 rings (SSSR count). The summed E-state index contributed by atoms with van der Waals surface area (Å²) < 4.78 is 16.7. The van der Waals surface area contributed by atoms with Gasteiger partial charge in [-0.25, -0.2) is 0 Å². The summed E-state index contributed by atoms with van der Waals surface area (Å²) in [5.41, 5.74) is 3.54. The molecule has 1 aliphatic heterocycles. The lowest BCUT2D eigenvalue weighted by molar-refractivity contribution is -0.178. The minimum Gasteiger partial charge on any atom is -0.426 e. The summed E-state index contributed by atoms with van der Waals surface area (Å²) in [6.07, 6.45) is 3.85. The molecule has 0 bridgehead atoms. The van der Waals surface area contributed by atoms with Gasteiger partial charge in [-0.2, -0.15) is 5.26 Å². The minimum atomic E-state index is -0.540.